The van der Waals surface area contributed by atoms with Gasteiger partial charge in [-0.25, -0.2) is 4.39 Å². The summed E-state index contributed by atoms with van der Waals surface area (Å²) in [4.78, 5) is 17.2. The highest BCUT2D eigenvalue weighted by atomic mass is 19.1. The van der Waals surface area contributed by atoms with Gasteiger partial charge in [0.05, 0.1) is 0 Å². The van der Waals surface area contributed by atoms with Crippen LogP contribution in [0.5, 0.6) is 5.75 Å². The normalized spacial score (nSPS) is 15.8. The first-order chi connectivity index (χ1) is 14.0. The third-order valence-electron chi connectivity index (χ3n) is 5.10. The number of furan rings is 1. The molecule has 1 aliphatic carbocycles. The monoisotopic (exact) mass is 399 g/mol. The fourth-order valence-electron chi connectivity index (χ4n) is 3.60. The molecule has 3 aromatic rings. The Balaban J connectivity index is 1.44. The highest BCUT2D eigenvalue weighted by Gasteiger charge is 2.40. The van der Waals surface area contributed by atoms with Crippen molar-refractivity contribution in [3.63, 3.8) is 0 Å². The van der Waals surface area contributed by atoms with Gasteiger partial charge in [-0.15, -0.1) is 0 Å². The smallest absolute Gasteiger partial charge is 0.287 e. The van der Waals surface area contributed by atoms with E-state index < -0.39 is 5.54 Å². The lowest BCUT2D eigenvalue weighted by Crippen LogP contribution is -2.48. The second-order valence-corrected chi connectivity index (χ2v) is 7.24. The van der Waals surface area contributed by atoms with E-state index in [1.165, 1.54) is 24.3 Å². The molecule has 1 aromatic carbocycles. The molecule has 1 saturated carbocycles. The summed E-state index contributed by atoms with van der Waals surface area (Å²) in [6.45, 7) is 1.86. The molecule has 8 heteroatoms. The molecule has 1 N–H and O–H groups in total. The van der Waals surface area contributed by atoms with E-state index in [1.807, 2.05) is 0 Å². The number of ether oxygens (including phenoxy) is 1. The lowest BCUT2D eigenvalue weighted by molar-refractivity contribution is 0.0822. The van der Waals surface area contributed by atoms with Crippen LogP contribution in [0.3, 0.4) is 0 Å². The maximum Gasteiger partial charge on any atom is 0.287 e. The number of aromatic nitrogens is 2. The first-order valence-corrected chi connectivity index (χ1v) is 9.64. The van der Waals surface area contributed by atoms with Crippen molar-refractivity contribution in [1.29, 1.82) is 0 Å². The van der Waals surface area contributed by atoms with Crippen molar-refractivity contribution in [2.24, 2.45) is 0 Å². The SMILES string of the molecule is Cc1nc(C2(NC(=O)c3ccc(COc4ccc(F)cc4)o3)CCCCC2)no1. The largest absolute Gasteiger partial charge is 0.486 e. The molecule has 7 nitrogen and oxygen atoms in total. The van der Waals surface area contributed by atoms with E-state index in [2.05, 4.69) is 15.5 Å². The molecule has 0 spiro atoms. The summed E-state index contributed by atoms with van der Waals surface area (Å²) in [5.74, 6) is 1.51. The predicted molar refractivity (Wildman–Crippen MR) is 101 cm³/mol. The van der Waals surface area contributed by atoms with E-state index in [9.17, 15) is 9.18 Å². The van der Waals surface area contributed by atoms with Crippen LogP contribution in [-0.2, 0) is 12.1 Å². The summed E-state index contributed by atoms with van der Waals surface area (Å²) in [5.41, 5.74) is -0.648. The average molecular weight is 399 g/mol. The number of hydrogen-bond donors (Lipinski definition) is 1. The Labute approximate surface area is 167 Å². The van der Waals surface area contributed by atoms with E-state index in [0.29, 0.717) is 23.2 Å². The van der Waals surface area contributed by atoms with Crippen LogP contribution in [0.4, 0.5) is 4.39 Å². The van der Waals surface area contributed by atoms with Crippen molar-refractivity contribution in [3.05, 3.63) is 65.5 Å². The van der Waals surface area contributed by atoms with Crippen LogP contribution in [0.2, 0.25) is 0 Å². The summed E-state index contributed by atoms with van der Waals surface area (Å²) in [7, 11) is 0. The van der Waals surface area contributed by atoms with Crippen LogP contribution < -0.4 is 10.1 Å². The second kappa shape index (κ2) is 8.06. The topological polar surface area (TPSA) is 90.4 Å². The molecular weight excluding hydrogens is 377 g/mol. The summed E-state index contributed by atoms with van der Waals surface area (Å²) < 4.78 is 29.3. The van der Waals surface area contributed by atoms with Gasteiger partial charge in [-0.2, -0.15) is 4.98 Å². The van der Waals surface area contributed by atoms with E-state index in [1.54, 1.807) is 19.1 Å². The lowest BCUT2D eigenvalue weighted by Gasteiger charge is -2.34. The van der Waals surface area contributed by atoms with Crippen LogP contribution in [-0.4, -0.2) is 16.0 Å². The number of amides is 1. The standard InChI is InChI=1S/C21H22FN3O4/c1-14-23-20(25-29-14)21(11-3-2-4-12-21)24-19(26)18-10-9-17(28-18)13-27-16-7-5-15(22)6-8-16/h5-10H,2-4,11-13H2,1H3,(H,24,26). The molecular formula is C21H22FN3O4. The van der Waals surface area contributed by atoms with E-state index in [4.69, 9.17) is 13.7 Å². The zero-order valence-corrected chi connectivity index (χ0v) is 16.1. The number of hydrogen-bond acceptors (Lipinski definition) is 6. The maximum atomic E-state index is 13.0. The number of benzene rings is 1. The van der Waals surface area contributed by atoms with Crippen LogP contribution >= 0.6 is 0 Å². The first-order valence-electron chi connectivity index (χ1n) is 9.64. The molecule has 2 aromatic heterocycles. The van der Waals surface area contributed by atoms with Crippen molar-refractivity contribution < 1.29 is 22.9 Å². The number of aryl methyl sites for hydroxylation is 1. The third-order valence-corrected chi connectivity index (χ3v) is 5.10. The molecule has 4 rings (SSSR count). The fraction of sp³-hybridized carbons (Fsp3) is 0.381. The molecule has 0 radical (unpaired) electrons. The summed E-state index contributed by atoms with van der Waals surface area (Å²) >= 11 is 0. The van der Waals surface area contributed by atoms with Crippen LogP contribution in [0.1, 0.15) is 60.1 Å². The van der Waals surface area contributed by atoms with Crippen LogP contribution in [0, 0.1) is 12.7 Å². The molecule has 0 saturated heterocycles. The number of carbonyl (C=O) groups excluding carboxylic acids is 1. The summed E-state index contributed by atoms with van der Waals surface area (Å²) in [6.07, 6.45) is 4.56. The number of rotatable bonds is 6. The molecule has 0 bridgehead atoms. The van der Waals surface area contributed by atoms with Gasteiger partial charge < -0.3 is 19.0 Å². The van der Waals surface area contributed by atoms with Crippen molar-refractivity contribution in [2.45, 2.75) is 51.2 Å². The van der Waals surface area contributed by atoms with E-state index >= 15 is 0 Å². The van der Waals surface area contributed by atoms with Crippen molar-refractivity contribution in [1.82, 2.24) is 15.5 Å². The van der Waals surface area contributed by atoms with Gasteiger partial charge in [0.2, 0.25) is 5.89 Å². The zero-order chi connectivity index (χ0) is 20.3. The second-order valence-electron chi connectivity index (χ2n) is 7.24. The van der Waals surface area contributed by atoms with Gasteiger partial charge in [0, 0.05) is 6.92 Å². The highest BCUT2D eigenvalue weighted by molar-refractivity contribution is 5.92. The minimum absolute atomic E-state index is 0.133. The van der Waals surface area contributed by atoms with Crippen molar-refractivity contribution in [3.8, 4) is 5.75 Å². The molecule has 2 heterocycles. The van der Waals surface area contributed by atoms with Gasteiger partial charge in [-0.1, -0.05) is 24.4 Å². The first kappa shape index (κ1) is 19.2. The zero-order valence-electron chi connectivity index (χ0n) is 16.1. The Hall–Kier alpha value is -3.16. The number of halogens is 1. The number of nitrogens with one attached hydrogen (secondary N) is 1. The molecule has 0 unspecified atom stereocenters. The number of carbonyl (C=O) groups is 1. The number of nitrogens with zero attached hydrogens (tertiary/aromatic N) is 2. The Morgan fingerprint density at radius 1 is 1.17 bits per heavy atom. The molecule has 152 valence electrons. The quantitative estimate of drug-likeness (QED) is 0.665. The predicted octanol–water partition coefficient (Wildman–Crippen LogP) is 4.28. The van der Waals surface area contributed by atoms with Gasteiger partial charge in [-0.3, -0.25) is 4.79 Å². The Bertz CT molecular complexity index is 974. The molecule has 1 fully saturated rings. The molecule has 1 amide bonds. The minimum atomic E-state index is -0.648. The van der Waals surface area contributed by atoms with E-state index in [-0.39, 0.29) is 24.1 Å². The van der Waals surface area contributed by atoms with E-state index in [0.717, 1.165) is 32.1 Å². The van der Waals surface area contributed by atoms with Gasteiger partial charge >= 0.3 is 0 Å². The Kier molecular flexibility index (Phi) is 5.33. The molecule has 0 atom stereocenters. The van der Waals surface area contributed by atoms with Gasteiger partial charge in [0.25, 0.3) is 5.91 Å². The summed E-state index contributed by atoms with van der Waals surface area (Å²) in [6, 6.07) is 9.00. The molecule has 0 aliphatic heterocycles. The van der Waals surface area contributed by atoms with Gasteiger partial charge in [0.15, 0.2) is 11.6 Å². The molecule has 1 aliphatic rings. The van der Waals surface area contributed by atoms with Crippen LogP contribution in [0.15, 0.2) is 45.3 Å². The molecule has 29 heavy (non-hydrogen) atoms. The lowest BCUT2D eigenvalue weighted by atomic mass is 9.81. The van der Waals surface area contributed by atoms with Crippen molar-refractivity contribution in [2.75, 3.05) is 0 Å². The summed E-state index contributed by atoms with van der Waals surface area (Å²) in [5, 5.41) is 7.13. The third kappa shape index (κ3) is 4.31. The average Bonchev–Trinajstić information content (AvgIpc) is 3.38. The minimum Gasteiger partial charge on any atom is -0.486 e. The van der Waals surface area contributed by atoms with Crippen molar-refractivity contribution >= 4 is 5.91 Å². The Morgan fingerprint density at radius 3 is 2.62 bits per heavy atom. The van der Waals surface area contributed by atoms with Crippen LogP contribution in [0.25, 0.3) is 0 Å². The highest BCUT2D eigenvalue weighted by Crippen LogP contribution is 2.36. The maximum absolute atomic E-state index is 13.0. The van der Waals surface area contributed by atoms with Gasteiger partial charge in [-0.05, 0) is 49.2 Å². The van der Waals surface area contributed by atoms with Gasteiger partial charge in [0.1, 0.15) is 29.5 Å². The fourth-order valence-corrected chi connectivity index (χ4v) is 3.60. The Morgan fingerprint density at radius 2 is 1.93 bits per heavy atom.